The molecule has 37 heavy (non-hydrogen) atoms. The first-order valence-corrected chi connectivity index (χ1v) is 12.7. The number of aliphatic hydroxyl groups is 1. The zero-order chi connectivity index (χ0) is 26.2. The molecule has 1 aliphatic heterocycles. The van der Waals surface area contributed by atoms with Crippen molar-refractivity contribution in [3.8, 4) is 17.6 Å². The number of fused-ring (bicyclic) bond motifs is 1. The number of rotatable bonds is 9. The van der Waals surface area contributed by atoms with Gasteiger partial charge < -0.3 is 14.9 Å². The lowest BCUT2D eigenvalue weighted by Gasteiger charge is -2.38. The summed E-state index contributed by atoms with van der Waals surface area (Å²) in [6.45, 7) is 2.24. The van der Waals surface area contributed by atoms with Crippen molar-refractivity contribution in [2.75, 3.05) is 26.7 Å². The Morgan fingerprint density at radius 3 is 2.76 bits per heavy atom. The highest BCUT2D eigenvalue weighted by atomic mass is 19.1. The molecular formula is C30H33FN2O4. The molecule has 3 aromatic rings. The van der Waals surface area contributed by atoms with E-state index in [0.717, 1.165) is 53.7 Å². The van der Waals surface area contributed by atoms with Crippen LogP contribution in [0.5, 0.6) is 5.75 Å². The van der Waals surface area contributed by atoms with Crippen LogP contribution < -0.4 is 4.74 Å². The zero-order valence-corrected chi connectivity index (χ0v) is 21.1. The monoisotopic (exact) mass is 504 g/mol. The minimum Gasteiger partial charge on any atom is -0.497 e. The number of hydrogen-bond donors (Lipinski definition) is 2. The van der Waals surface area contributed by atoms with E-state index >= 15 is 0 Å². The van der Waals surface area contributed by atoms with Crippen LogP contribution in [0.15, 0.2) is 54.7 Å². The van der Waals surface area contributed by atoms with Crippen molar-refractivity contribution in [1.29, 1.82) is 0 Å². The Kier molecular flexibility index (Phi) is 9.10. The summed E-state index contributed by atoms with van der Waals surface area (Å²) in [5.41, 5.74) is 2.42. The molecular weight excluding hydrogens is 471 g/mol. The van der Waals surface area contributed by atoms with Gasteiger partial charge in [-0.3, -0.25) is 14.7 Å². The van der Waals surface area contributed by atoms with E-state index in [1.54, 1.807) is 25.4 Å². The smallest absolute Gasteiger partial charge is 0.303 e. The number of benzene rings is 2. The van der Waals surface area contributed by atoms with Gasteiger partial charge in [-0.15, -0.1) is 0 Å². The average Bonchev–Trinajstić information content (AvgIpc) is 2.91. The summed E-state index contributed by atoms with van der Waals surface area (Å²) in [7, 11) is 1.62. The van der Waals surface area contributed by atoms with E-state index in [0.29, 0.717) is 25.3 Å². The third kappa shape index (κ3) is 7.28. The first kappa shape index (κ1) is 26.6. The van der Waals surface area contributed by atoms with E-state index in [1.165, 1.54) is 12.1 Å². The van der Waals surface area contributed by atoms with Crippen molar-refractivity contribution in [3.05, 3.63) is 71.7 Å². The third-order valence-corrected chi connectivity index (χ3v) is 7.24. The fraction of sp³-hybridized carbons (Fsp3) is 0.400. The fourth-order valence-electron chi connectivity index (χ4n) is 5.19. The number of aliphatic hydroxyl groups excluding tert-OH is 1. The number of halogens is 1. The number of ether oxygens (including phenoxy) is 1. The normalized spacial score (nSPS) is 18.7. The number of carbonyl (C=O) groups is 1. The van der Waals surface area contributed by atoms with Crippen LogP contribution in [0.2, 0.25) is 0 Å². The Labute approximate surface area is 217 Å². The van der Waals surface area contributed by atoms with E-state index in [4.69, 9.17) is 4.74 Å². The highest BCUT2D eigenvalue weighted by molar-refractivity contribution is 5.83. The number of carboxylic acids is 1. The molecule has 0 amide bonds. The molecule has 2 N–H and O–H groups in total. The molecule has 7 heteroatoms. The highest BCUT2D eigenvalue weighted by Gasteiger charge is 2.30. The first-order chi connectivity index (χ1) is 17.9. The highest BCUT2D eigenvalue weighted by Crippen LogP contribution is 2.35. The second-order valence-electron chi connectivity index (χ2n) is 9.66. The van der Waals surface area contributed by atoms with E-state index in [1.807, 2.05) is 24.3 Å². The van der Waals surface area contributed by atoms with Crippen LogP contribution in [-0.2, 0) is 4.79 Å². The predicted molar refractivity (Wildman–Crippen MR) is 141 cm³/mol. The number of pyridine rings is 1. The van der Waals surface area contributed by atoms with E-state index in [9.17, 15) is 19.4 Å². The van der Waals surface area contributed by atoms with Gasteiger partial charge in [-0.05, 0) is 98.2 Å². The number of hydrogen-bond acceptors (Lipinski definition) is 5. The molecule has 6 nitrogen and oxygen atoms in total. The second kappa shape index (κ2) is 12.7. The van der Waals surface area contributed by atoms with Gasteiger partial charge in [0.05, 0.1) is 25.3 Å². The van der Waals surface area contributed by atoms with E-state index in [-0.39, 0.29) is 18.2 Å². The zero-order valence-electron chi connectivity index (χ0n) is 21.1. The van der Waals surface area contributed by atoms with Crippen LogP contribution in [-0.4, -0.2) is 52.8 Å². The summed E-state index contributed by atoms with van der Waals surface area (Å²) in [6, 6.07) is 13.6. The van der Waals surface area contributed by atoms with Crippen LogP contribution in [0.4, 0.5) is 4.39 Å². The van der Waals surface area contributed by atoms with Gasteiger partial charge in [-0.25, -0.2) is 4.39 Å². The number of piperidine rings is 1. The lowest BCUT2D eigenvalue weighted by Crippen LogP contribution is -2.41. The van der Waals surface area contributed by atoms with Crippen molar-refractivity contribution < 1.29 is 24.1 Å². The average molecular weight is 505 g/mol. The molecule has 0 radical (unpaired) electrons. The molecule has 1 unspecified atom stereocenters. The molecule has 1 aromatic heterocycles. The van der Waals surface area contributed by atoms with Crippen molar-refractivity contribution in [2.45, 2.75) is 38.2 Å². The van der Waals surface area contributed by atoms with Crippen LogP contribution >= 0.6 is 0 Å². The predicted octanol–water partition coefficient (Wildman–Crippen LogP) is 5.05. The van der Waals surface area contributed by atoms with Gasteiger partial charge in [0.2, 0.25) is 0 Å². The third-order valence-electron chi connectivity index (χ3n) is 7.24. The van der Waals surface area contributed by atoms with Gasteiger partial charge in [-0.2, -0.15) is 0 Å². The molecule has 1 aliphatic rings. The summed E-state index contributed by atoms with van der Waals surface area (Å²) < 4.78 is 18.4. The Balaban J connectivity index is 1.39. The van der Waals surface area contributed by atoms with Gasteiger partial charge in [0.1, 0.15) is 11.6 Å². The summed E-state index contributed by atoms with van der Waals surface area (Å²) >= 11 is 0. The molecule has 1 fully saturated rings. The number of methoxy groups -OCH3 is 1. The molecule has 2 aromatic carbocycles. The van der Waals surface area contributed by atoms with Crippen LogP contribution in [0.3, 0.4) is 0 Å². The molecule has 1 saturated heterocycles. The SMILES string of the molecule is COc1ccc2nccc(C(O)CC[C@@H]3CCN(CC#Cc4ccc(F)cc4)C[C@@H]3CCC(=O)O)c2c1. The van der Waals surface area contributed by atoms with Crippen molar-refractivity contribution >= 4 is 16.9 Å². The van der Waals surface area contributed by atoms with Crippen LogP contribution in [0.25, 0.3) is 10.9 Å². The largest absolute Gasteiger partial charge is 0.497 e. The first-order valence-electron chi connectivity index (χ1n) is 12.7. The quantitative estimate of drug-likeness (QED) is 0.397. The van der Waals surface area contributed by atoms with E-state index in [2.05, 4.69) is 21.7 Å². The Bertz CT molecular complexity index is 1270. The van der Waals surface area contributed by atoms with Gasteiger partial charge in [0, 0.05) is 30.1 Å². The van der Waals surface area contributed by atoms with Gasteiger partial charge >= 0.3 is 5.97 Å². The lowest BCUT2D eigenvalue weighted by molar-refractivity contribution is -0.137. The minimum atomic E-state index is -0.788. The van der Waals surface area contributed by atoms with Crippen molar-refractivity contribution in [3.63, 3.8) is 0 Å². The molecule has 0 spiro atoms. The topological polar surface area (TPSA) is 82.9 Å². The van der Waals surface area contributed by atoms with Crippen LogP contribution in [0, 0.1) is 29.5 Å². The van der Waals surface area contributed by atoms with Gasteiger partial charge in [0.25, 0.3) is 0 Å². The maximum absolute atomic E-state index is 13.1. The second-order valence-corrected chi connectivity index (χ2v) is 9.66. The fourth-order valence-corrected chi connectivity index (χ4v) is 5.19. The number of likely N-dealkylation sites (tertiary alicyclic amines) is 1. The number of carboxylic acid groups (broad SMARTS) is 1. The maximum Gasteiger partial charge on any atom is 0.303 e. The standard InChI is InChI=1S/C30H33FN2O4/c1-37-25-10-11-28-27(19-25)26(14-16-32-28)29(34)12-6-22-15-18-33(20-23(22)7-13-30(35)36)17-2-3-21-4-8-24(31)9-5-21/h4-5,8-11,14,16,19,22-23,29,34H,6-7,12-13,15,17-18,20H2,1H3,(H,35,36)/t22-,23+,29?/m1/s1. The molecule has 3 atom stereocenters. The Hall–Kier alpha value is -3.47. The number of aromatic nitrogens is 1. The molecule has 4 rings (SSSR count). The maximum atomic E-state index is 13.1. The Morgan fingerprint density at radius 2 is 2.00 bits per heavy atom. The minimum absolute atomic E-state index is 0.133. The summed E-state index contributed by atoms with van der Waals surface area (Å²) in [5, 5.41) is 21.3. The molecule has 2 heterocycles. The molecule has 0 bridgehead atoms. The summed E-state index contributed by atoms with van der Waals surface area (Å²) in [5.74, 6) is 6.45. The lowest BCUT2D eigenvalue weighted by atomic mass is 9.79. The molecule has 194 valence electrons. The number of nitrogens with zero attached hydrogens (tertiary/aromatic N) is 2. The van der Waals surface area contributed by atoms with Gasteiger partial charge in [0.15, 0.2) is 0 Å². The van der Waals surface area contributed by atoms with E-state index < -0.39 is 12.1 Å². The molecule has 0 saturated carbocycles. The van der Waals surface area contributed by atoms with Crippen molar-refractivity contribution in [1.82, 2.24) is 9.88 Å². The van der Waals surface area contributed by atoms with Gasteiger partial charge in [-0.1, -0.05) is 11.8 Å². The summed E-state index contributed by atoms with van der Waals surface area (Å²) in [6.07, 6.45) is 4.15. The Morgan fingerprint density at radius 1 is 1.19 bits per heavy atom. The number of aliphatic carboxylic acids is 1. The van der Waals surface area contributed by atoms with Crippen molar-refractivity contribution in [2.24, 2.45) is 11.8 Å². The molecule has 0 aliphatic carbocycles. The summed E-state index contributed by atoms with van der Waals surface area (Å²) in [4.78, 5) is 18.0. The van der Waals surface area contributed by atoms with Crippen LogP contribution in [0.1, 0.15) is 49.3 Å².